The number of aromatic nitrogens is 2. The van der Waals surface area contributed by atoms with E-state index in [4.69, 9.17) is 0 Å². The number of hydrogen-bond acceptors (Lipinski definition) is 6. The van der Waals surface area contributed by atoms with Crippen molar-refractivity contribution < 1.29 is 4.79 Å². The van der Waals surface area contributed by atoms with E-state index in [-0.39, 0.29) is 5.91 Å². The molecule has 5 nitrogen and oxygen atoms in total. The summed E-state index contributed by atoms with van der Waals surface area (Å²) in [5.41, 5.74) is 1.68. The van der Waals surface area contributed by atoms with Crippen molar-refractivity contribution in [3.8, 4) is 0 Å². The van der Waals surface area contributed by atoms with Gasteiger partial charge in [-0.15, -0.1) is 10.2 Å². The van der Waals surface area contributed by atoms with Gasteiger partial charge in [-0.2, -0.15) is 0 Å². The summed E-state index contributed by atoms with van der Waals surface area (Å²) in [5.74, 6) is 0.659. The fraction of sp³-hybridized carbons (Fsp3) is 0.625. The molecule has 1 N–H and O–H groups in total. The molecule has 1 fully saturated rings. The van der Waals surface area contributed by atoms with Crippen LogP contribution in [-0.2, 0) is 4.79 Å². The molecule has 2 heterocycles. The van der Waals surface area contributed by atoms with Gasteiger partial charge in [-0.25, -0.2) is 0 Å². The van der Waals surface area contributed by atoms with Gasteiger partial charge in [0.25, 0.3) is 0 Å². The number of nitrogens with zero attached hydrogens (tertiary/aromatic N) is 3. The Morgan fingerprint density at radius 1 is 1.60 bits per heavy atom. The molecule has 0 unspecified atom stereocenters. The van der Waals surface area contributed by atoms with Crippen molar-refractivity contribution >= 4 is 29.0 Å². The number of carbonyl (C=O) groups excluding carboxylic acids is 1. The second-order valence-electron chi connectivity index (χ2n) is 3.12. The van der Waals surface area contributed by atoms with Crippen LogP contribution in [0.1, 0.15) is 0 Å². The van der Waals surface area contributed by atoms with E-state index in [1.165, 1.54) is 23.1 Å². The molecule has 0 aliphatic carbocycles. The third-order valence-electron chi connectivity index (χ3n) is 2.13. The minimum atomic E-state index is 0.191. The van der Waals surface area contributed by atoms with Gasteiger partial charge in [0, 0.05) is 26.2 Å². The van der Waals surface area contributed by atoms with Gasteiger partial charge >= 0.3 is 0 Å². The molecule has 0 radical (unpaired) electrons. The van der Waals surface area contributed by atoms with E-state index in [1.54, 1.807) is 5.51 Å². The Morgan fingerprint density at radius 3 is 3.07 bits per heavy atom. The van der Waals surface area contributed by atoms with Gasteiger partial charge in [0.15, 0.2) is 4.34 Å². The van der Waals surface area contributed by atoms with Gasteiger partial charge in [-0.05, 0) is 0 Å². The molecule has 1 amide bonds. The average Bonchev–Trinajstić information content (AvgIpc) is 2.80. The third kappa shape index (κ3) is 3.15. The van der Waals surface area contributed by atoms with Gasteiger partial charge in [0.05, 0.1) is 5.75 Å². The molecule has 0 spiro atoms. The summed E-state index contributed by atoms with van der Waals surface area (Å²) in [4.78, 5) is 13.6. The number of amides is 1. The van der Waals surface area contributed by atoms with E-state index in [2.05, 4.69) is 15.5 Å². The minimum Gasteiger partial charge on any atom is -0.339 e. The van der Waals surface area contributed by atoms with Gasteiger partial charge in [0.2, 0.25) is 5.91 Å². The highest BCUT2D eigenvalue weighted by atomic mass is 32.2. The summed E-state index contributed by atoms with van der Waals surface area (Å²) in [6.45, 7) is 3.43. The maximum atomic E-state index is 11.7. The first-order valence-electron chi connectivity index (χ1n) is 4.74. The molecule has 7 heteroatoms. The topological polar surface area (TPSA) is 58.1 Å². The smallest absolute Gasteiger partial charge is 0.233 e. The molecule has 0 aromatic carbocycles. The van der Waals surface area contributed by atoms with Crippen LogP contribution in [0.15, 0.2) is 9.85 Å². The summed E-state index contributed by atoms with van der Waals surface area (Å²) in [6.07, 6.45) is 0. The van der Waals surface area contributed by atoms with E-state index < -0.39 is 0 Å². The maximum Gasteiger partial charge on any atom is 0.233 e. The summed E-state index contributed by atoms with van der Waals surface area (Å²) in [6, 6.07) is 0. The molecule has 82 valence electrons. The predicted octanol–water partition coefficient (Wildman–Crippen LogP) is 0.0620. The van der Waals surface area contributed by atoms with Gasteiger partial charge in [-0.1, -0.05) is 23.1 Å². The van der Waals surface area contributed by atoms with Crippen LogP contribution in [-0.4, -0.2) is 52.9 Å². The van der Waals surface area contributed by atoms with E-state index in [9.17, 15) is 4.79 Å². The van der Waals surface area contributed by atoms with Gasteiger partial charge < -0.3 is 10.2 Å². The van der Waals surface area contributed by atoms with Gasteiger partial charge in [-0.3, -0.25) is 4.79 Å². The van der Waals surface area contributed by atoms with Crippen LogP contribution in [0.4, 0.5) is 0 Å². The first kappa shape index (κ1) is 10.8. The van der Waals surface area contributed by atoms with Crippen molar-refractivity contribution in [3.05, 3.63) is 5.51 Å². The molecule has 1 saturated heterocycles. The number of hydrogen-bond donors (Lipinski definition) is 1. The molecular formula is C8H12N4OS2. The third-order valence-corrected chi connectivity index (χ3v) is 3.97. The highest BCUT2D eigenvalue weighted by Gasteiger charge is 2.16. The van der Waals surface area contributed by atoms with E-state index in [0.29, 0.717) is 5.75 Å². The standard InChI is InChI=1S/C8H12N4OS2/c13-7(12-3-1-9-2-4-12)5-14-8-11-10-6-15-8/h6,9H,1-5H2. The summed E-state index contributed by atoms with van der Waals surface area (Å²) in [7, 11) is 0. The van der Waals surface area contributed by atoms with Crippen molar-refractivity contribution in [3.63, 3.8) is 0 Å². The van der Waals surface area contributed by atoms with Crippen LogP contribution in [0.2, 0.25) is 0 Å². The second-order valence-corrected chi connectivity index (χ2v) is 5.18. The Kier molecular flexibility index (Phi) is 3.93. The normalized spacial score (nSPS) is 16.7. The van der Waals surface area contributed by atoms with Crippen molar-refractivity contribution in [1.82, 2.24) is 20.4 Å². The molecule has 1 aromatic heterocycles. The number of nitrogens with one attached hydrogen (secondary N) is 1. The maximum absolute atomic E-state index is 11.7. The van der Waals surface area contributed by atoms with Crippen molar-refractivity contribution in [2.45, 2.75) is 4.34 Å². The Bertz CT molecular complexity index is 310. The van der Waals surface area contributed by atoms with Crippen LogP contribution >= 0.6 is 23.1 Å². The number of rotatable bonds is 3. The molecule has 0 saturated carbocycles. The van der Waals surface area contributed by atoms with Crippen LogP contribution in [0, 0.1) is 0 Å². The lowest BCUT2D eigenvalue weighted by Crippen LogP contribution is -2.47. The van der Waals surface area contributed by atoms with E-state index in [1.807, 2.05) is 4.90 Å². The summed E-state index contributed by atoms with van der Waals surface area (Å²) < 4.78 is 0.860. The van der Waals surface area contributed by atoms with Crippen molar-refractivity contribution in [2.24, 2.45) is 0 Å². The lowest BCUT2D eigenvalue weighted by molar-refractivity contribution is -0.128. The molecule has 1 aliphatic rings. The van der Waals surface area contributed by atoms with Crippen LogP contribution < -0.4 is 5.32 Å². The number of piperazine rings is 1. The van der Waals surface area contributed by atoms with Crippen molar-refractivity contribution in [1.29, 1.82) is 0 Å². The van der Waals surface area contributed by atoms with Crippen LogP contribution in [0.5, 0.6) is 0 Å². The summed E-state index contributed by atoms with van der Waals surface area (Å²) in [5, 5.41) is 10.8. The molecule has 0 atom stereocenters. The highest BCUT2D eigenvalue weighted by molar-refractivity contribution is 8.01. The van der Waals surface area contributed by atoms with Crippen LogP contribution in [0.3, 0.4) is 0 Å². The zero-order valence-corrected chi connectivity index (χ0v) is 9.81. The summed E-state index contributed by atoms with van der Waals surface area (Å²) >= 11 is 2.93. The molecule has 2 rings (SSSR count). The first-order valence-corrected chi connectivity index (χ1v) is 6.60. The number of thioether (sulfide) groups is 1. The molecular weight excluding hydrogens is 232 g/mol. The molecule has 1 aromatic rings. The fourth-order valence-electron chi connectivity index (χ4n) is 1.35. The minimum absolute atomic E-state index is 0.191. The van der Waals surface area contributed by atoms with E-state index >= 15 is 0 Å². The van der Waals surface area contributed by atoms with Gasteiger partial charge in [0.1, 0.15) is 5.51 Å². The van der Waals surface area contributed by atoms with E-state index in [0.717, 1.165) is 30.5 Å². The Morgan fingerprint density at radius 2 is 2.40 bits per heavy atom. The SMILES string of the molecule is O=C(CSc1nncs1)N1CCNCC1. The molecule has 15 heavy (non-hydrogen) atoms. The lowest BCUT2D eigenvalue weighted by Gasteiger charge is -2.27. The monoisotopic (exact) mass is 244 g/mol. The quantitative estimate of drug-likeness (QED) is 0.762. The highest BCUT2D eigenvalue weighted by Crippen LogP contribution is 2.19. The lowest BCUT2D eigenvalue weighted by atomic mass is 10.3. The fourth-order valence-corrected chi connectivity index (χ4v) is 2.75. The molecule has 0 bridgehead atoms. The predicted molar refractivity (Wildman–Crippen MR) is 60.1 cm³/mol. The van der Waals surface area contributed by atoms with Crippen LogP contribution in [0.25, 0.3) is 0 Å². The Balaban J connectivity index is 1.76. The average molecular weight is 244 g/mol. The second kappa shape index (κ2) is 5.43. The zero-order valence-electron chi connectivity index (χ0n) is 8.18. The van der Waals surface area contributed by atoms with Crippen molar-refractivity contribution in [2.75, 3.05) is 31.9 Å². The Hall–Kier alpha value is -0.660. The zero-order chi connectivity index (χ0) is 10.5. The first-order chi connectivity index (χ1) is 7.36. The molecule has 1 aliphatic heterocycles. The Labute approximate surface area is 96.3 Å². The number of carbonyl (C=O) groups is 1. The largest absolute Gasteiger partial charge is 0.339 e.